The van der Waals surface area contributed by atoms with Gasteiger partial charge in [0.15, 0.2) is 0 Å². The van der Waals surface area contributed by atoms with E-state index < -0.39 is 6.09 Å². The van der Waals surface area contributed by atoms with E-state index in [0.29, 0.717) is 45.9 Å². The fraction of sp³-hybridized carbons (Fsp3) is 0.214. The first-order valence-corrected chi connectivity index (χ1v) is 13.4. The molecule has 0 aliphatic carbocycles. The van der Waals surface area contributed by atoms with E-state index in [-0.39, 0.29) is 11.9 Å². The van der Waals surface area contributed by atoms with Crippen molar-refractivity contribution in [3.8, 4) is 17.4 Å². The predicted octanol–water partition coefficient (Wildman–Crippen LogP) is 4.45. The number of carbonyl (C=O) groups is 2. The van der Waals surface area contributed by atoms with Crippen LogP contribution in [0.25, 0.3) is 10.8 Å². The fourth-order valence-electron chi connectivity index (χ4n) is 4.28. The monoisotopic (exact) mass is 606 g/mol. The number of morpholine rings is 1. The summed E-state index contributed by atoms with van der Waals surface area (Å²) >= 11 is 3.48. The number of carbonyl (C=O) groups excluding carboxylic acids is 2. The van der Waals surface area contributed by atoms with Crippen LogP contribution in [-0.2, 0) is 4.74 Å². The van der Waals surface area contributed by atoms with E-state index >= 15 is 0 Å². The second kappa shape index (κ2) is 12.7. The second-order valence-electron chi connectivity index (χ2n) is 8.91. The molecule has 1 aromatic heterocycles. The number of rotatable bonds is 9. The molecule has 0 bridgehead atoms. The Morgan fingerprint density at radius 2 is 1.77 bits per heavy atom. The highest BCUT2D eigenvalue weighted by Gasteiger charge is 2.14. The van der Waals surface area contributed by atoms with E-state index in [9.17, 15) is 9.59 Å². The number of aromatic nitrogens is 2. The number of nitrogens with one attached hydrogen (secondary N) is 2. The van der Waals surface area contributed by atoms with Crippen molar-refractivity contribution in [3.63, 3.8) is 0 Å². The average molecular weight is 607 g/mol. The molecule has 0 unspecified atom stereocenters. The molecule has 5 rings (SSSR count). The van der Waals surface area contributed by atoms with Gasteiger partial charge in [-0.25, -0.2) is 9.78 Å². The molecule has 206 valence electrons. The van der Waals surface area contributed by atoms with Crippen LogP contribution in [0.15, 0.2) is 71.3 Å². The lowest BCUT2D eigenvalue weighted by Gasteiger charge is -2.26. The van der Waals surface area contributed by atoms with Crippen molar-refractivity contribution < 1.29 is 23.8 Å². The molecule has 0 saturated carbocycles. The number of ether oxygens (including phenoxy) is 3. The van der Waals surface area contributed by atoms with Crippen LogP contribution in [0.5, 0.6) is 17.4 Å². The molecule has 40 heavy (non-hydrogen) atoms. The molecule has 3 aromatic carbocycles. The molecule has 2 heterocycles. The summed E-state index contributed by atoms with van der Waals surface area (Å²) in [6.07, 6.45) is 0.667. The van der Waals surface area contributed by atoms with Crippen molar-refractivity contribution in [1.82, 2.24) is 20.2 Å². The number of anilines is 2. The molecule has 2 amide bonds. The minimum atomic E-state index is -0.897. The van der Waals surface area contributed by atoms with Gasteiger partial charge in [0.25, 0.3) is 5.91 Å². The smallest absolute Gasteiger partial charge is 0.409 e. The van der Waals surface area contributed by atoms with E-state index in [1.54, 1.807) is 42.6 Å². The maximum atomic E-state index is 12.8. The Bertz CT molecular complexity index is 1530. The number of amides is 2. The lowest BCUT2D eigenvalue weighted by Crippen LogP contribution is -2.41. The molecule has 4 aromatic rings. The first-order chi connectivity index (χ1) is 19.4. The van der Waals surface area contributed by atoms with Crippen molar-refractivity contribution in [2.45, 2.75) is 0 Å². The average Bonchev–Trinajstić information content (AvgIpc) is 2.94. The highest BCUT2D eigenvalue weighted by Crippen LogP contribution is 2.35. The van der Waals surface area contributed by atoms with Gasteiger partial charge in [-0.1, -0.05) is 40.2 Å². The third kappa shape index (κ3) is 7.03. The van der Waals surface area contributed by atoms with Crippen LogP contribution >= 0.6 is 15.9 Å². The summed E-state index contributed by atoms with van der Waals surface area (Å²) in [5, 5.41) is 7.49. The van der Waals surface area contributed by atoms with Gasteiger partial charge in [0.05, 0.1) is 13.2 Å². The summed E-state index contributed by atoms with van der Waals surface area (Å²) in [4.78, 5) is 35.1. The van der Waals surface area contributed by atoms with Gasteiger partial charge in [0.1, 0.15) is 11.5 Å². The largest absolute Gasteiger partial charge is 0.438 e. The molecule has 1 aliphatic heterocycles. The van der Waals surface area contributed by atoms with E-state index in [0.717, 1.165) is 37.3 Å². The van der Waals surface area contributed by atoms with Crippen molar-refractivity contribution in [1.29, 1.82) is 0 Å². The minimum absolute atomic E-state index is 0.175. The maximum absolute atomic E-state index is 12.8. The number of nitrogens with two attached hydrogens (primary N) is 1. The first kappa shape index (κ1) is 27.3. The third-order valence-electron chi connectivity index (χ3n) is 6.13. The Kier molecular flexibility index (Phi) is 8.69. The lowest BCUT2D eigenvalue weighted by molar-refractivity contribution is 0.0383. The minimum Gasteiger partial charge on any atom is -0.438 e. The molecular formula is C28H27BrN6O5. The van der Waals surface area contributed by atoms with Crippen molar-refractivity contribution in [2.75, 3.05) is 44.7 Å². The number of fused-ring (bicyclic) bond motifs is 1. The summed E-state index contributed by atoms with van der Waals surface area (Å²) in [7, 11) is 0. The van der Waals surface area contributed by atoms with E-state index in [1.165, 1.54) is 0 Å². The molecule has 0 spiro atoms. The number of nitrogens with zero attached hydrogens (tertiary/aromatic N) is 3. The van der Waals surface area contributed by atoms with E-state index in [4.69, 9.17) is 19.9 Å². The number of hydrogen-bond donors (Lipinski definition) is 3. The van der Waals surface area contributed by atoms with Gasteiger partial charge < -0.3 is 30.6 Å². The molecule has 0 atom stereocenters. The molecule has 1 aliphatic rings. The van der Waals surface area contributed by atoms with Crippen LogP contribution in [0, 0.1) is 0 Å². The molecule has 1 fully saturated rings. The summed E-state index contributed by atoms with van der Waals surface area (Å²) < 4.78 is 17.3. The normalized spacial score (nSPS) is 13.5. The van der Waals surface area contributed by atoms with Crippen LogP contribution in [0.2, 0.25) is 0 Å². The molecule has 12 heteroatoms. The third-order valence-corrected chi connectivity index (χ3v) is 6.59. The summed E-state index contributed by atoms with van der Waals surface area (Å²) in [5.41, 5.74) is 6.32. The Morgan fingerprint density at radius 1 is 1.02 bits per heavy atom. The Balaban J connectivity index is 1.27. The number of primary amides is 1. The fourth-order valence-corrected chi connectivity index (χ4v) is 4.77. The summed E-state index contributed by atoms with van der Waals surface area (Å²) in [6, 6.07) is 17.5. The topological polar surface area (TPSA) is 141 Å². The number of hydrogen-bond acceptors (Lipinski definition) is 9. The van der Waals surface area contributed by atoms with Crippen LogP contribution < -0.4 is 25.8 Å². The van der Waals surface area contributed by atoms with Gasteiger partial charge in [-0.15, -0.1) is 0 Å². The highest BCUT2D eigenvalue weighted by molar-refractivity contribution is 9.10. The quantitative estimate of drug-likeness (QED) is 0.252. The second-order valence-corrected chi connectivity index (χ2v) is 9.83. The lowest BCUT2D eigenvalue weighted by atomic mass is 10.1. The van der Waals surface area contributed by atoms with E-state index in [2.05, 4.69) is 41.4 Å². The standard InChI is InChI=1S/C28H27BrN6O5/c29-19-15-18(26(36)31-9-10-35-11-13-38-14-12-35)16-20(17-19)33-28-32-8-7-25(34-28)39-23-5-6-24(40-27(30)37)22-4-2-1-3-21(22)23/h1-8,15-17H,9-14H2,(H2,30,37)(H,31,36)(H,32,33,34). The Morgan fingerprint density at radius 3 is 2.55 bits per heavy atom. The van der Waals surface area contributed by atoms with Crippen LogP contribution in [-0.4, -0.2) is 66.3 Å². The summed E-state index contributed by atoms with van der Waals surface area (Å²) in [5.74, 6) is 1.24. The van der Waals surface area contributed by atoms with Crippen LogP contribution in [0.3, 0.4) is 0 Å². The molecule has 1 saturated heterocycles. The number of halogens is 1. The molecule has 4 N–H and O–H groups in total. The Labute approximate surface area is 238 Å². The van der Waals surface area contributed by atoms with Gasteiger partial charge in [-0.2, -0.15) is 4.98 Å². The zero-order valence-corrected chi connectivity index (χ0v) is 23.0. The molecule has 11 nitrogen and oxygen atoms in total. The summed E-state index contributed by atoms with van der Waals surface area (Å²) in [6.45, 7) is 4.49. The zero-order valence-electron chi connectivity index (χ0n) is 21.4. The zero-order chi connectivity index (χ0) is 27.9. The van der Waals surface area contributed by atoms with Gasteiger partial charge in [0.2, 0.25) is 11.8 Å². The van der Waals surface area contributed by atoms with E-state index in [1.807, 2.05) is 24.3 Å². The maximum Gasteiger partial charge on any atom is 0.409 e. The number of benzene rings is 3. The van der Waals surface area contributed by atoms with Crippen molar-refractivity contribution >= 4 is 50.3 Å². The van der Waals surface area contributed by atoms with Gasteiger partial charge in [-0.3, -0.25) is 9.69 Å². The van der Waals surface area contributed by atoms with Crippen LogP contribution in [0.1, 0.15) is 10.4 Å². The van der Waals surface area contributed by atoms with Gasteiger partial charge in [0, 0.05) is 64.9 Å². The van der Waals surface area contributed by atoms with Gasteiger partial charge in [-0.05, 0) is 30.3 Å². The first-order valence-electron chi connectivity index (χ1n) is 12.6. The van der Waals surface area contributed by atoms with Gasteiger partial charge >= 0.3 is 6.09 Å². The highest BCUT2D eigenvalue weighted by atomic mass is 79.9. The predicted molar refractivity (Wildman–Crippen MR) is 153 cm³/mol. The molecular weight excluding hydrogens is 580 g/mol. The molecule has 0 radical (unpaired) electrons. The van der Waals surface area contributed by atoms with Crippen molar-refractivity contribution in [2.24, 2.45) is 5.73 Å². The SMILES string of the molecule is NC(=O)Oc1ccc(Oc2ccnc(Nc3cc(Br)cc(C(=O)NCCN4CCOCC4)c3)n2)c2ccccc12. The Hall–Kier alpha value is -4.26. The van der Waals surface area contributed by atoms with Crippen LogP contribution in [0.4, 0.5) is 16.4 Å². The van der Waals surface area contributed by atoms with Crippen molar-refractivity contribution in [3.05, 3.63) is 76.9 Å².